The molecule has 0 heterocycles. The molecule has 3 fully saturated rings. The van der Waals surface area contributed by atoms with Crippen molar-refractivity contribution in [2.45, 2.75) is 76.4 Å². The zero-order valence-corrected chi connectivity index (χ0v) is 14.8. The van der Waals surface area contributed by atoms with Crippen LogP contribution in [0.5, 0.6) is 0 Å². The number of aliphatic carboxylic acids is 1. The van der Waals surface area contributed by atoms with Gasteiger partial charge in [0.25, 0.3) is 0 Å². The van der Waals surface area contributed by atoms with Gasteiger partial charge in [-0.25, -0.2) is 0 Å². The van der Waals surface area contributed by atoms with Gasteiger partial charge in [0.15, 0.2) is 0 Å². The first-order valence-electron chi connectivity index (χ1n) is 9.83. The highest BCUT2D eigenvalue weighted by Gasteiger charge is 2.51. The summed E-state index contributed by atoms with van der Waals surface area (Å²) in [6.45, 7) is 0.0930. The van der Waals surface area contributed by atoms with Gasteiger partial charge in [-0.15, -0.1) is 0 Å². The van der Waals surface area contributed by atoms with E-state index in [-0.39, 0.29) is 37.1 Å². The van der Waals surface area contributed by atoms with Crippen molar-refractivity contribution >= 4 is 11.7 Å². The SMILES string of the molecule is O=C(O)CCON=C1CC2C1CC(O)C2CCC(O)C1CCCCC1. The molecule has 5 unspecified atom stereocenters. The number of nitrogens with zero attached hydrogens (tertiary/aromatic N) is 1. The van der Waals surface area contributed by atoms with Crippen molar-refractivity contribution in [3.05, 3.63) is 0 Å². The van der Waals surface area contributed by atoms with Crippen LogP contribution in [0.3, 0.4) is 0 Å². The molecule has 0 radical (unpaired) electrons. The number of aliphatic hydroxyl groups is 2. The Bertz CT molecular complexity index is 488. The number of hydrogen-bond acceptors (Lipinski definition) is 5. The summed E-state index contributed by atoms with van der Waals surface area (Å²) in [6, 6.07) is 0. The van der Waals surface area contributed by atoms with Gasteiger partial charge in [-0.2, -0.15) is 0 Å². The van der Waals surface area contributed by atoms with Crippen LogP contribution < -0.4 is 0 Å². The van der Waals surface area contributed by atoms with E-state index in [2.05, 4.69) is 5.16 Å². The molecule has 0 aromatic heterocycles. The zero-order valence-electron chi connectivity index (χ0n) is 14.8. The van der Waals surface area contributed by atoms with Gasteiger partial charge in [-0.1, -0.05) is 24.4 Å². The summed E-state index contributed by atoms with van der Waals surface area (Å²) in [4.78, 5) is 15.5. The molecule has 3 rings (SSSR count). The van der Waals surface area contributed by atoms with Crippen LogP contribution in [-0.2, 0) is 9.63 Å². The predicted octanol–water partition coefficient (Wildman–Crippen LogP) is 2.57. The van der Waals surface area contributed by atoms with E-state index in [1.165, 1.54) is 19.3 Å². The molecule has 0 spiro atoms. The number of carboxylic acids is 1. The molecular formula is C19H31NO5. The lowest BCUT2D eigenvalue weighted by atomic mass is 9.69. The van der Waals surface area contributed by atoms with E-state index in [0.29, 0.717) is 11.8 Å². The van der Waals surface area contributed by atoms with Gasteiger partial charge >= 0.3 is 5.97 Å². The van der Waals surface area contributed by atoms with E-state index >= 15 is 0 Å². The highest BCUT2D eigenvalue weighted by Crippen LogP contribution is 2.50. The number of oxime groups is 1. The highest BCUT2D eigenvalue weighted by atomic mass is 16.6. The first-order chi connectivity index (χ1) is 12.1. The van der Waals surface area contributed by atoms with E-state index in [0.717, 1.165) is 44.2 Å². The molecular weight excluding hydrogens is 322 g/mol. The van der Waals surface area contributed by atoms with Crippen molar-refractivity contribution in [3.8, 4) is 0 Å². The third kappa shape index (κ3) is 4.53. The Morgan fingerprint density at radius 3 is 2.76 bits per heavy atom. The van der Waals surface area contributed by atoms with E-state index < -0.39 is 5.97 Å². The largest absolute Gasteiger partial charge is 0.481 e. The Morgan fingerprint density at radius 2 is 2.04 bits per heavy atom. The van der Waals surface area contributed by atoms with Gasteiger partial charge in [0, 0.05) is 5.92 Å². The summed E-state index contributed by atoms with van der Waals surface area (Å²) >= 11 is 0. The second-order valence-corrected chi connectivity index (χ2v) is 8.04. The second kappa shape index (κ2) is 8.49. The molecule has 142 valence electrons. The fourth-order valence-electron chi connectivity index (χ4n) is 4.99. The lowest BCUT2D eigenvalue weighted by molar-refractivity contribution is -0.138. The molecule has 0 aromatic rings. The van der Waals surface area contributed by atoms with Crippen LogP contribution >= 0.6 is 0 Å². The third-order valence-corrected chi connectivity index (χ3v) is 6.51. The molecule has 0 bridgehead atoms. The van der Waals surface area contributed by atoms with Crippen molar-refractivity contribution < 1.29 is 25.0 Å². The fourth-order valence-corrected chi connectivity index (χ4v) is 4.99. The van der Waals surface area contributed by atoms with Crippen molar-refractivity contribution in [2.75, 3.05) is 6.61 Å². The van der Waals surface area contributed by atoms with Gasteiger partial charge in [-0.05, 0) is 56.3 Å². The lowest BCUT2D eigenvalue weighted by Crippen LogP contribution is -2.37. The van der Waals surface area contributed by atoms with Gasteiger partial charge in [0.2, 0.25) is 0 Å². The topological polar surface area (TPSA) is 99.4 Å². The van der Waals surface area contributed by atoms with E-state index in [9.17, 15) is 15.0 Å². The monoisotopic (exact) mass is 353 g/mol. The molecule has 25 heavy (non-hydrogen) atoms. The molecule has 0 saturated heterocycles. The number of carboxylic acid groups (broad SMARTS) is 1. The normalized spacial score (nSPS) is 35.2. The third-order valence-electron chi connectivity index (χ3n) is 6.51. The summed E-state index contributed by atoms with van der Waals surface area (Å²) in [5, 5.41) is 33.5. The summed E-state index contributed by atoms with van der Waals surface area (Å²) in [5.74, 6) is 0.525. The molecule has 3 N–H and O–H groups in total. The molecule has 0 aromatic carbocycles. The average Bonchev–Trinajstić information content (AvgIpc) is 2.84. The van der Waals surface area contributed by atoms with Crippen LogP contribution in [0.25, 0.3) is 0 Å². The van der Waals surface area contributed by atoms with Crippen LogP contribution in [0.2, 0.25) is 0 Å². The van der Waals surface area contributed by atoms with E-state index in [1.54, 1.807) is 0 Å². The standard InChI is InChI=1S/C19H31NO5/c21-17(12-4-2-1-3-5-12)7-6-13-14-10-16(15(14)11-18(13)22)20-25-9-8-19(23)24/h12-15,17-18,21-22H,1-11H2,(H,23,24). The number of rotatable bonds is 8. The second-order valence-electron chi connectivity index (χ2n) is 8.04. The van der Waals surface area contributed by atoms with Crippen LogP contribution in [0.4, 0.5) is 0 Å². The van der Waals surface area contributed by atoms with E-state index in [4.69, 9.17) is 9.94 Å². The quantitative estimate of drug-likeness (QED) is 0.460. The van der Waals surface area contributed by atoms with Gasteiger partial charge in [0.1, 0.15) is 6.61 Å². The Labute approximate surface area is 149 Å². The maximum absolute atomic E-state index is 10.5. The average molecular weight is 353 g/mol. The lowest BCUT2D eigenvalue weighted by Gasteiger charge is -2.36. The summed E-state index contributed by atoms with van der Waals surface area (Å²) in [5.41, 5.74) is 0.963. The van der Waals surface area contributed by atoms with Crippen LogP contribution in [-0.4, -0.2) is 45.8 Å². The Kier molecular flexibility index (Phi) is 6.34. The molecule has 0 amide bonds. The maximum Gasteiger partial charge on any atom is 0.306 e. The van der Waals surface area contributed by atoms with Crippen molar-refractivity contribution in [3.63, 3.8) is 0 Å². The highest BCUT2D eigenvalue weighted by molar-refractivity contribution is 5.93. The van der Waals surface area contributed by atoms with Crippen molar-refractivity contribution in [1.29, 1.82) is 0 Å². The smallest absolute Gasteiger partial charge is 0.306 e. The van der Waals surface area contributed by atoms with E-state index in [1.807, 2.05) is 0 Å². The Balaban J connectivity index is 1.42. The number of hydrogen-bond donors (Lipinski definition) is 3. The van der Waals surface area contributed by atoms with Crippen LogP contribution in [0, 0.1) is 23.7 Å². The fraction of sp³-hybridized carbons (Fsp3) is 0.895. The predicted molar refractivity (Wildman–Crippen MR) is 93.2 cm³/mol. The molecule has 5 atom stereocenters. The molecule has 3 aliphatic carbocycles. The minimum Gasteiger partial charge on any atom is -0.481 e. The van der Waals surface area contributed by atoms with Gasteiger partial charge in [0.05, 0.1) is 24.3 Å². The first-order valence-corrected chi connectivity index (χ1v) is 9.83. The summed E-state index contributed by atoms with van der Waals surface area (Å²) in [6.07, 6.45) is 8.69. The molecule has 3 saturated carbocycles. The zero-order chi connectivity index (χ0) is 17.8. The number of fused-ring (bicyclic) bond motifs is 1. The molecule has 3 aliphatic rings. The summed E-state index contributed by atoms with van der Waals surface area (Å²) < 4.78 is 0. The first kappa shape index (κ1) is 18.6. The van der Waals surface area contributed by atoms with Gasteiger partial charge < -0.3 is 20.2 Å². The molecule has 0 aliphatic heterocycles. The molecule has 6 nitrogen and oxygen atoms in total. The van der Waals surface area contributed by atoms with Crippen molar-refractivity contribution in [1.82, 2.24) is 0 Å². The number of carbonyl (C=O) groups is 1. The Hall–Kier alpha value is -1.14. The van der Waals surface area contributed by atoms with Crippen LogP contribution in [0.1, 0.15) is 64.2 Å². The minimum absolute atomic E-state index is 0.0464. The van der Waals surface area contributed by atoms with Gasteiger partial charge in [-0.3, -0.25) is 4.79 Å². The molecule has 6 heteroatoms. The Morgan fingerprint density at radius 1 is 1.28 bits per heavy atom. The summed E-state index contributed by atoms with van der Waals surface area (Å²) in [7, 11) is 0. The van der Waals surface area contributed by atoms with Crippen LogP contribution in [0.15, 0.2) is 5.16 Å². The number of aliphatic hydroxyl groups excluding tert-OH is 2. The maximum atomic E-state index is 10.5. The minimum atomic E-state index is -0.889. The van der Waals surface area contributed by atoms with Crippen molar-refractivity contribution in [2.24, 2.45) is 28.8 Å².